The van der Waals surface area contributed by atoms with Crippen molar-refractivity contribution in [3.8, 4) is 5.75 Å². The Hall–Kier alpha value is -3.68. The van der Waals surface area contributed by atoms with E-state index in [1.54, 1.807) is 4.90 Å². The van der Waals surface area contributed by atoms with Crippen LogP contribution < -0.4 is 20.7 Å². The van der Waals surface area contributed by atoms with Crippen molar-refractivity contribution in [1.82, 2.24) is 15.0 Å². The molecule has 1 fully saturated rings. The second-order valence-electron chi connectivity index (χ2n) is 8.04. The summed E-state index contributed by atoms with van der Waals surface area (Å²) in [5.41, 5.74) is 10.2. The standard InChI is InChI=1S/C24H28N6O2/c1-16-5-3-6-18(11-16)8-9-26-24-28-21(27-23(25)29-24)15-32-20-13-17(2)12-19(14-20)30-10-4-7-22(30)31/h3,5-6,11-14H,4,7-10,15H2,1-2H3,(H3,25,26,27,28,29). The fraction of sp³-hybridized carbons (Fsp3) is 0.333. The van der Waals surface area contributed by atoms with Gasteiger partial charge in [-0.2, -0.15) is 15.0 Å². The predicted molar refractivity (Wildman–Crippen MR) is 125 cm³/mol. The van der Waals surface area contributed by atoms with Crippen LogP contribution in [0.1, 0.15) is 35.4 Å². The summed E-state index contributed by atoms with van der Waals surface area (Å²) in [5.74, 6) is 1.82. The molecule has 1 amide bonds. The first-order valence-electron chi connectivity index (χ1n) is 10.8. The lowest BCUT2D eigenvalue weighted by molar-refractivity contribution is -0.117. The van der Waals surface area contributed by atoms with Gasteiger partial charge in [-0.25, -0.2) is 0 Å². The normalized spacial score (nSPS) is 13.4. The van der Waals surface area contributed by atoms with Crippen molar-refractivity contribution in [3.05, 3.63) is 65.0 Å². The number of carbonyl (C=O) groups is 1. The molecule has 2 heterocycles. The molecule has 2 aromatic carbocycles. The van der Waals surface area contributed by atoms with Gasteiger partial charge in [0.15, 0.2) is 5.82 Å². The van der Waals surface area contributed by atoms with Gasteiger partial charge in [0, 0.05) is 31.3 Å². The minimum absolute atomic E-state index is 0.143. The summed E-state index contributed by atoms with van der Waals surface area (Å²) in [4.78, 5) is 26.7. The number of hydrogen-bond acceptors (Lipinski definition) is 7. The summed E-state index contributed by atoms with van der Waals surface area (Å²) < 4.78 is 5.93. The zero-order chi connectivity index (χ0) is 22.5. The Kier molecular flexibility index (Phi) is 6.49. The first kappa shape index (κ1) is 21.5. The number of rotatable bonds is 8. The smallest absolute Gasteiger partial charge is 0.227 e. The van der Waals surface area contributed by atoms with Crippen LogP contribution in [0.4, 0.5) is 17.6 Å². The molecular weight excluding hydrogens is 404 g/mol. The van der Waals surface area contributed by atoms with E-state index < -0.39 is 0 Å². The Morgan fingerprint density at radius 3 is 2.75 bits per heavy atom. The van der Waals surface area contributed by atoms with Gasteiger partial charge < -0.3 is 20.7 Å². The summed E-state index contributed by atoms with van der Waals surface area (Å²) in [7, 11) is 0. The number of benzene rings is 2. The molecule has 0 bridgehead atoms. The van der Waals surface area contributed by atoms with Crippen LogP contribution in [-0.4, -0.2) is 33.9 Å². The van der Waals surface area contributed by atoms with Crippen molar-refractivity contribution >= 4 is 23.5 Å². The molecule has 8 heteroatoms. The first-order valence-corrected chi connectivity index (χ1v) is 10.8. The summed E-state index contributed by atoms with van der Waals surface area (Å²) in [6.45, 7) is 5.63. The minimum Gasteiger partial charge on any atom is -0.486 e. The molecule has 8 nitrogen and oxygen atoms in total. The molecule has 0 saturated carbocycles. The number of carbonyl (C=O) groups excluding carboxylic acids is 1. The number of anilines is 3. The number of ether oxygens (including phenoxy) is 1. The van der Waals surface area contributed by atoms with E-state index in [1.165, 1.54) is 11.1 Å². The number of aromatic nitrogens is 3. The minimum atomic E-state index is 0.143. The number of aryl methyl sites for hydroxylation is 2. The van der Waals surface area contributed by atoms with E-state index >= 15 is 0 Å². The van der Waals surface area contributed by atoms with Gasteiger partial charge in [-0.1, -0.05) is 29.8 Å². The van der Waals surface area contributed by atoms with E-state index in [-0.39, 0.29) is 18.5 Å². The molecule has 3 N–H and O–H groups in total. The molecule has 3 aromatic rings. The average molecular weight is 433 g/mol. The topological polar surface area (TPSA) is 106 Å². The molecule has 1 saturated heterocycles. The molecule has 32 heavy (non-hydrogen) atoms. The number of amides is 1. The van der Waals surface area contributed by atoms with E-state index in [0.29, 0.717) is 30.5 Å². The highest BCUT2D eigenvalue weighted by Gasteiger charge is 2.22. The van der Waals surface area contributed by atoms with E-state index in [0.717, 1.165) is 30.6 Å². The fourth-order valence-corrected chi connectivity index (χ4v) is 3.80. The molecule has 0 aliphatic carbocycles. The maximum Gasteiger partial charge on any atom is 0.227 e. The van der Waals surface area contributed by atoms with Crippen molar-refractivity contribution in [2.75, 3.05) is 29.0 Å². The third-order valence-corrected chi connectivity index (χ3v) is 5.27. The van der Waals surface area contributed by atoms with Gasteiger partial charge in [0.05, 0.1) is 0 Å². The first-order chi connectivity index (χ1) is 15.5. The van der Waals surface area contributed by atoms with Crippen LogP contribution in [0.25, 0.3) is 0 Å². The van der Waals surface area contributed by atoms with Crippen LogP contribution in [-0.2, 0) is 17.8 Å². The van der Waals surface area contributed by atoms with Gasteiger partial charge >= 0.3 is 0 Å². The SMILES string of the molecule is Cc1cccc(CCNc2nc(N)nc(COc3cc(C)cc(N4CCCC4=O)c3)n2)c1. The van der Waals surface area contributed by atoms with Crippen LogP contribution in [0.5, 0.6) is 5.75 Å². The van der Waals surface area contributed by atoms with E-state index in [2.05, 4.69) is 51.5 Å². The van der Waals surface area contributed by atoms with Gasteiger partial charge in [0.2, 0.25) is 17.8 Å². The quantitative estimate of drug-likeness (QED) is 0.562. The molecule has 1 aromatic heterocycles. The lowest BCUT2D eigenvalue weighted by atomic mass is 10.1. The van der Waals surface area contributed by atoms with Crippen molar-refractivity contribution < 1.29 is 9.53 Å². The molecule has 1 aliphatic rings. The molecule has 0 radical (unpaired) electrons. The maximum atomic E-state index is 12.1. The fourth-order valence-electron chi connectivity index (χ4n) is 3.80. The highest BCUT2D eigenvalue weighted by atomic mass is 16.5. The summed E-state index contributed by atoms with van der Waals surface area (Å²) in [5, 5.41) is 3.21. The number of nitrogens with zero attached hydrogens (tertiary/aromatic N) is 4. The summed E-state index contributed by atoms with van der Waals surface area (Å²) in [6, 6.07) is 14.2. The van der Waals surface area contributed by atoms with Gasteiger partial charge in [0.1, 0.15) is 12.4 Å². The monoisotopic (exact) mass is 432 g/mol. The van der Waals surface area contributed by atoms with E-state index in [1.807, 2.05) is 25.1 Å². The lowest BCUT2D eigenvalue weighted by Crippen LogP contribution is -2.23. The number of nitrogens with two attached hydrogens (primary N) is 1. The number of nitrogens with one attached hydrogen (secondary N) is 1. The Balaban J connectivity index is 1.39. The third-order valence-electron chi connectivity index (χ3n) is 5.27. The zero-order valence-electron chi connectivity index (χ0n) is 18.5. The number of nitrogen functional groups attached to an aromatic ring is 1. The van der Waals surface area contributed by atoms with Crippen molar-refractivity contribution in [1.29, 1.82) is 0 Å². The van der Waals surface area contributed by atoms with E-state index in [4.69, 9.17) is 10.5 Å². The van der Waals surface area contributed by atoms with Crippen LogP contribution in [0, 0.1) is 13.8 Å². The van der Waals surface area contributed by atoms with Gasteiger partial charge in [-0.3, -0.25) is 4.79 Å². The van der Waals surface area contributed by atoms with Crippen molar-refractivity contribution in [3.63, 3.8) is 0 Å². The van der Waals surface area contributed by atoms with Crippen LogP contribution in [0.2, 0.25) is 0 Å². The molecule has 0 atom stereocenters. The molecule has 166 valence electrons. The molecular formula is C24H28N6O2. The molecule has 4 rings (SSSR count). The summed E-state index contributed by atoms with van der Waals surface area (Å²) in [6.07, 6.45) is 2.32. The Labute approximate surface area is 187 Å². The van der Waals surface area contributed by atoms with Crippen molar-refractivity contribution in [2.45, 2.75) is 39.7 Å². The highest BCUT2D eigenvalue weighted by Crippen LogP contribution is 2.27. The van der Waals surface area contributed by atoms with Crippen LogP contribution in [0.3, 0.4) is 0 Å². The Morgan fingerprint density at radius 1 is 1.09 bits per heavy atom. The predicted octanol–water partition coefficient (Wildman–Crippen LogP) is 3.43. The molecule has 0 spiro atoms. The van der Waals surface area contributed by atoms with Crippen LogP contribution in [0.15, 0.2) is 42.5 Å². The third kappa shape index (κ3) is 5.51. The maximum absolute atomic E-state index is 12.1. The zero-order valence-corrected chi connectivity index (χ0v) is 18.5. The molecule has 1 aliphatic heterocycles. The van der Waals surface area contributed by atoms with E-state index in [9.17, 15) is 4.79 Å². The Morgan fingerprint density at radius 2 is 1.97 bits per heavy atom. The number of hydrogen-bond donors (Lipinski definition) is 2. The second-order valence-corrected chi connectivity index (χ2v) is 8.04. The highest BCUT2D eigenvalue weighted by molar-refractivity contribution is 5.95. The largest absolute Gasteiger partial charge is 0.486 e. The van der Waals surface area contributed by atoms with Crippen molar-refractivity contribution in [2.24, 2.45) is 0 Å². The second kappa shape index (κ2) is 9.64. The van der Waals surface area contributed by atoms with Crippen LogP contribution >= 0.6 is 0 Å². The van der Waals surface area contributed by atoms with Gasteiger partial charge in [0.25, 0.3) is 0 Å². The average Bonchev–Trinajstić information content (AvgIpc) is 3.18. The van der Waals surface area contributed by atoms with Gasteiger partial charge in [-0.15, -0.1) is 0 Å². The Bertz CT molecular complexity index is 1120. The van der Waals surface area contributed by atoms with Gasteiger partial charge in [-0.05, 0) is 49.9 Å². The summed E-state index contributed by atoms with van der Waals surface area (Å²) >= 11 is 0. The lowest BCUT2D eigenvalue weighted by Gasteiger charge is -2.18. The molecule has 0 unspecified atom stereocenters.